The molecule has 274 valence electrons. The molecule has 3 aliphatic rings. The van der Waals surface area contributed by atoms with Crippen LogP contribution in [0.5, 0.6) is 0 Å². The van der Waals surface area contributed by atoms with Gasteiger partial charge in [-0.3, -0.25) is 19.2 Å². The van der Waals surface area contributed by atoms with Crippen LogP contribution in [0.15, 0.2) is 12.7 Å². The molecule has 3 fully saturated rings. The zero-order valence-electron chi connectivity index (χ0n) is 30.5. The van der Waals surface area contributed by atoms with Crippen LogP contribution in [-0.2, 0) is 29.0 Å². The number of rotatable bonds is 13. The first-order chi connectivity index (χ1) is 22.5. The predicted molar refractivity (Wildman–Crippen MR) is 189 cm³/mol. The van der Waals surface area contributed by atoms with Gasteiger partial charge in [-0.05, 0) is 62.7 Å². The molecular weight excluding hydrogens is 646 g/mol. The van der Waals surface area contributed by atoms with E-state index < -0.39 is 73.2 Å². The Kier molecular flexibility index (Phi) is 12.1. The first-order valence-electron chi connectivity index (χ1n) is 17.3. The average molecular weight is 704 g/mol. The number of nitrogens with zero attached hydrogens (tertiary/aromatic N) is 1. The number of carbonyl (C=O) groups excluding carboxylic acids is 5. The number of likely N-dealkylation sites (tertiary alicyclic amines) is 1. The van der Waals surface area contributed by atoms with Crippen molar-refractivity contribution in [2.24, 2.45) is 22.7 Å². The molecule has 13 heteroatoms. The quantitative estimate of drug-likeness (QED) is 0.130. The van der Waals surface area contributed by atoms with Crippen molar-refractivity contribution in [2.75, 3.05) is 18.8 Å². The van der Waals surface area contributed by atoms with Gasteiger partial charge in [0, 0.05) is 19.5 Å². The van der Waals surface area contributed by atoms with E-state index in [1.165, 1.54) is 11.0 Å². The summed E-state index contributed by atoms with van der Waals surface area (Å²) in [5.74, 6) is -0.684. The van der Waals surface area contributed by atoms with E-state index in [-0.39, 0.29) is 48.9 Å². The Labute approximate surface area is 292 Å². The van der Waals surface area contributed by atoms with Gasteiger partial charge in [-0.2, -0.15) is 0 Å². The summed E-state index contributed by atoms with van der Waals surface area (Å²) in [6.07, 6.45) is 10.5. The van der Waals surface area contributed by atoms with E-state index in [2.05, 4.69) is 33.8 Å². The monoisotopic (exact) mass is 703 g/mol. The van der Waals surface area contributed by atoms with Crippen LogP contribution in [0.3, 0.4) is 0 Å². The molecule has 3 rings (SSSR count). The highest BCUT2D eigenvalue weighted by Crippen LogP contribution is 2.65. The lowest BCUT2D eigenvalue weighted by Gasteiger charge is -2.41. The van der Waals surface area contributed by atoms with Gasteiger partial charge in [-0.1, -0.05) is 60.0 Å². The summed E-state index contributed by atoms with van der Waals surface area (Å²) < 4.78 is 25.6. The zero-order chi connectivity index (χ0) is 37.2. The SMILES string of the molecule is C#CCCC(NC(=O)[C@@H]1C2C(CN1C(=O)[C@@H](NC(=O)NC1(CS(=O)(=O)C(C)(C)C)CCCCC1)C(C)(C)C)C2(C)C)C(=O)C(=O)NCC=C. The minimum atomic E-state index is -3.58. The number of sulfone groups is 1. The third-order valence-corrected chi connectivity index (χ3v) is 13.4. The third kappa shape index (κ3) is 9.04. The summed E-state index contributed by atoms with van der Waals surface area (Å²) in [6.45, 7) is 18.3. The molecule has 3 unspecified atom stereocenters. The van der Waals surface area contributed by atoms with Gasteiger partial charge >= 0.3 is 6.03 Å². The fourth-order valence-corrected chi connectivity index (χ4v) is 8.84. The van der Waals surface area contributed by atoms with Crippen LogP contribution in [-0.4, -0.2) is 90.1 Å². The standard InChI is InChI=1S/C36H57N5O7S/c1-11-13-17-24(27(42)30(44)37-20-12-2)38-29(43)26-25-23(35(25,9)10)21-41(26)31(45)28(33(3,4)5)39-32(46)40-36(18-15-14-16-19-36)22-49(47,48)34(6,7)8/h1,12,23-26,28H,2,13-22H2,3-10H3,(H,37,44)(H,38,43)(H2,39,40,46)/t23?,24?,25?,26-,28+/m0/s1. The second-order valence-electron chi connectivity index (χ2n) is 16.7. The molecule has 0 bridgehead atoms. The van der Waals surface area contributed by atoms with Crippen molar-refractivity contribution in [1.29, 1.82) is 0 Å². The fraction of sp³-hybridized carbons (Fsp3) is 0.750. The Bertz CT molecular complexity index is 1460. The molecule has 5 atom stereocenters. The summed E-state index contributed by atoms with van der Waals surface area (Å²) in [4.78, 5) is 69.1. The van der Waals surface area contributed by atoms with E-state index in [1.54, 1.807) is 20.8 Å². The molecule has 0 aromatic rings. The largest absolute Gasteiger partial charge is 0.346 e. The topological polar surface area (TPSA) is 171 Å². The van der Waals surface area contributed by atoms with E-state index in [0.29, 0.717) is 12.8 Å². The molecule has 1 saturated heterocycles. The average Bonchev–Trinajstić information content (AvgIpc) is 3.30. The summed E-state index contributed by atoms with van der Waals surface area (Å²) >= 11 is 0. The number of amides is 5. The molecule has 1 aliphatic heterocycles. The summed E-state index contributed by atoms with van der Waals surface area (Å²) in [5, 5.41) is 11.0. The molecule has 0 radical (unpaired) electrons. The molecule has 0 aromatic heterocycles. The first-order valence-corrected chi connectivity index (χ1v) is 19.0. The van der Waals surface area contributed by atoms with Crippen LogP contribution in [0.25, 0.3) is 0 Å². The van der Waals surface area contributed by atoms with Crippen molar-refractivity contribution in [1.82, 2.24) is 26.2 Å². The van der Waals surface area contributed by atoms with Crippen LogP contribution in [0.1, 0.15) is 100 Å². The van der Waals surface area contributed by atoms with Crippen LogP contribution in [0.4, 0.5) is 4.79 Å². The van der Waals surface area contributed by atoms with Gasteiger partial charge in [0.1, 0.15) is 12.1 Å². The van der Waals surface area contributed by atoms with E-state index in [0.717, 1.165) is 19.3 Å². The van der Waals surface area contributed by atoms with Gasteiger partial charge in [0.25, 0.3) is 5.91 Å². The number of ketones is 1. The van der Waals surface area contributed by atoms with Gasteiger partial charge in [0.2, 0.25) is 17.6 Å². The molecule has 4 N–H and O–H groups in total. The molecule has 0 spiro atoms. The van der Waals surface area contributed by atoms with Crippen LogP contribution in [0, 0.1) is 35.0 Å². The normalized spacial score (nSPS) is 23.9. The van der Waals surface area contributed by atoms with Gasteiger partial charge in [0.05, 0.1) is 22.1 Å². The maximum absolute atomic E-state index is 14.4. The first kappa shape index (κ1) is 40.0. The predicted octanol–water partition coefficient (Wildman–Crippen LogP) is 2.87. The number of piperidine rings is 1. The fourth-order valence-electron chi connectivity index (χ4n) is 7.31. The van der Waals surface area contributed by atoms with Gasteiger partial charge in [-0.15, -0.1) is 18.9 Å². The number of nitrogens with one attached hydrogen (secondary N) is 4. The number of hydrogen-bond acceptors (Lipinski definition) is 7. The summed E-state index contributed by atoms with van der Waals surface area (Å²) in [7, 11) is -3.58. The minimum Gasteiger partial charge on any atom is -0.346 e. The molecule has 49 heavy (non-hydrogen) atoms. The lowest BCUT2D eigenvalue weighted by molar-refractivity contribution is -0.145. The van der Waals surface area contributed by atoms with Crippen LogP contribution in [0.2, 0.25) is 0 Å². The highest BCUT2D eigenvalue weighted by atomic mass is 32.2. The van der Waals surface area contributed by atoms with Crippen LogP contribution < -0.4 is 21.3 Å². The molecule has 2 aliphatic carbocycles. The number of Topliss-reactive ketones (excluding diaryl/α,β-unsaturated/α-hetero) is 1. The Balaban J connectivity index is 1.87. The molecule has 12 nitrogen and oxygen atoms in total. The van der Waals surface area contributed by atoms with Crippen molar-refractivity contribution in [3.8, 4) is 12.3 Å². The van der Waals surface area contributed by atoms with Crippen molar-refractivity contribution in [2.45, 2.75) is 129 Å². The number of hydrogen-bond donors (Lipinski definition) is 4. The third-order valence-electron chi connectivity index (χ3n) is 10.6. The van der Waals surface area contributed by atoms with Crippen molar-refractivity contribution >= 4 is 39.4 Å². The maximum Gasteiger partial charge on any atom is 0.315 e. The van der Waals surface area contributed by atoms with E-state index in [1.807, 2.05) is 34.6 Å². The molecule has 2 saturated carbocycles. The lowest BCUT2D eigenvalue weighted by atomic mass is 9.83. The highest BCUT2D eigenvalue weighted by molar-refractivity contribution is 7.92. The molecule has 5 amide bonds. The van der Waals surface area contributed by atoms with Crippen molar-refractivity contribution < 1.29 is 32.4 Å². The van der Waals surface area contributed by atoms with Gasteiger partial charge in [-0.25, -0.2) is 13.2 Å². The van der Waals surface area contributed by atoms with Crippen molar-refractivity contribution in [3.63, 3.8) is 0 Å². The Morgan fingerprint density at radius 1 is 1.02 bits per heavy atom. The highest BCUT2D eigenvalue weighted by Gasteiger charge is 2.70. The van der Waals surface area contributed by atoms with E-state index >= 15 is 0 Å². The second-order valence-corrected chi connectivity index (χ2v) is 19.4. The van der Waals surface area contributed by atoms with Crippen LogP contribution >= 0.6 is 0 Å². The Hall–Kier alpha value is -3.40. The molecular formula is C36H57N5O7S. The number of terminal acetylenes is 1. The van der Waals surface area contributed by atoms with E-state index in [9.17, 15) is 32.4 Å². The Morgan fingerprint density at radius 3 is 2.16 bits per heavy atom. The Morgan fingerprint density at radius 2 is 1.63 bits per heavy atom. The smallest absolute Gasteiger partial charge is 0.315 e. The summed E-state index contributed by atoms with van der Waals surface area (Å²) in [6, 6.07) is -3.84. The molecule has 0 aromatic carbocycles. The second kappa shape index (κ2) is 14.8. The number of urea groups is 1. The van der Waals surface area contributed by atoms with Gasteiger partial charge < -0.3 is 26.2 Å². The van der Waals surface area contributed by atoms with Gasteiger partial charge in [0.15, 0.2) is 9.84 Å². The lowest BCUT2D eigenvalue weighted by Crippen LogP contribution is -2.64. The number of carbonyl (C=O) groups is 5. The summed E-state index contributed by atoms with van der Waals surface area (Å²) in [5.41, 5.74) is -2.00. The number of fused-ring (bicyclic) bond motifs is 1. The minimum absolute atomic E-state index is 0.0190. The molecule has 1 heterocycles. The van der Waals surface area contributed by atoms with E-state index in [4.69, 9.17) is 6.42 Å². The van der Waals surface area contributed by atoms with Crippen molar-refractivity contribution in [3.05, 3.63) is 12.7 Å². The maximum atomic E-state index is 14.4. The zero-order valence-corrected chi connectivity index (χ0v) is 31.3.